The third-order valence-electron chi connectivity index (χ3n) is 3.39. The minimum Gasteiger partial charge on any atom is -0.346 e. The highest BCUT2D eigenvalue weighted by molar-refractivity contribution is 7.99. The summed E-state index contributed by atoms with van der Waals surface area (Å²) in [5, 5.41) is 7.41. The first-order valence-corrected chi connectivity index (χ1v) is 9.21. The van der Waals surface area contributed by atoms with Crippen LogP contribution in [0.2, 0.25) is 5.02 Å². The van der Waals surface area contributed by atoms with E-state index in [2.05, 4.69) is 15.5 Å². The highest BCUT2D eigenvalue weighted by Crippen LogP contribution is 2.20. The van der Waals surface area contributed by atoms with Crippen LogP contribution in [0.25, 0.3) is 11.4 Å². The maximum absolute atomic E-state index is 11.9. The summed E-state index contributed by atoms with van der Waals surface area (Å²) < 4.78 is 5.16. The number of thioether (sulfide) groups is 1. The Morgan fingerprint density at radius 3 is 2.68 bits per heavy atom. The second kappa shape index (κ2) is 8.69. The Morgan fingerprint density at radius 2 is 1.88 bits per heavy atom. The number of amides is 1. The van der Waals surface area contributed by atoms with E-state index in [1.165, 1.54) is 11.8 Å². The molecule has 0 aliphatic heterocycles. The van der Waals surface area contributed by atoms with Gasteiger partial charge >= 0.3 is 0 Å². The molecule has 0 aliphatic rings. The van der Waals surface area contributed by atoms with Gasteiger partial charge in [-0.1, -0.05) is 65.3 Å². The molecule has 1 N–H and O–H groups in total. The maximum atomic E-state index is 11.9. The Morgan fingerprint density at radius 1 is 1.12 bits per heavy atom. The van der Waals surface area contributed by atoms with Gasteiger partial charge in [-0.2, -0.15) is 4.98 Å². The van der Waals surface area contributed by atoms with Crippen LogP contribution in [0.15, 0.2) is 59.1 Å². The lowest BCUT2D eigenvalue weighted by atomic mass is 10.2. The fourth-order valence-electron chi connectivity index (χ4n) is 2.13. The zero-order valence-electron chi connectivity index (χ0n) is 13.3. The number of halogens is 1. The second-order valence-electron chi connectivity index (χ2n) is 5.24. The molecular formula is C18H16ClN3O2S. The number of carbonyl (C=O) groups is 1. The first-order valence-electron chi connectivity index (χ1n) is 7.68. The standard InChI is InChI=1S/C18H16ClN3O2S/c19-15-9-5-4-8-14(15)11-25-12-16(23)20-10-17-21-18(22-24-17)13-6-2-1-3-7-13/h1-9H,10-12H2,(H,20,23). The number of nitrogens with zero attached hydrogens (tertiary/aromatic N) is 2. The van der Waals surface area contributed by atoms with E-state index in [1.54, 1.807) is 0 Å². The lowest BCUT2D eigenvalue weighted by Crippen LogP contribution is -2.24. The molecule has 0 spiro atoms. The van der Waals surface area contributed by atoms with Gasteiger partial charge in [-0.05, 0) is 11.6 Å². The molecule has 1 amide bonds. The van der Waals surface area contributed by atoms with Gasteiger partial charge in [-0.25, -0.2) is 0 Å². The maximum Gasteiger partial charge on any atom is 0.246 e. The van der Waals surface area contributed by atoms with Gasteiger partial charge in [0.2, 0.25) is 17.6 Å². The molecule has 3 aromatic rings. The van der Waals surface area contributed by atoms with Crippen LogP contribution < -0.4 is 5.32 Å². The molecule has 1 heterocycles. The SMILES string of the molecule is O=C(CSCc1ccccc1Cl)NCc1nc(-c2ccccc2)no1. The first-order chi connectivity index (χ1) is 12.2. The summed E-state index contributed by atoms with van der Waals surface area (Å²) in [6, 6.07) is 17.2. The van der Waals surface area contributed by atoms with Crippen LogP contribution in [0.1, 0.15) is 11.5 Å². The number of carbonyl (C=O) groups excluding carboxylic acids is 1. The van der Waals surface area contributed by atoms with Crippen LogP contribution >= 0.6 is 23.4 Å². The molecular weight excluding hydrogens is 358 g/mol. The van der Waals surface area contributed by atoms with Crippen molar-refractivity contribution in [3.05, 3.63) is 71.1 Å². The molecule has 0 bridgehead atoms. The van der Waals surface area contributed by atoms with Crippen molar-refractivity contribution in [3.63, 3.8) is 0 Å². The monoisotopic (exact) mass is 373 g/mol. The second-order valence-corrected chi connectivity index (χ2v) is 6.63. The average Bonchev–Trinajstić information content (AvgIpc) is 3.11. The van der Waals surface area contributed by atoms with Crippen LogP contribution in [-0.4, -0.2) is 21.8 Å². The first kappa shape index (κ1) is 17.5. The molecule has 0 atom stereocenters. The van der Waals surface area contributed by atoms with Gasteiger partial charge in [0.05, 0.1) is 12.3 Å². The fraction of sp³-hybridized carbons (Fsp3) is 0.167. The zero-order chi connectivity index (χ0) is 17.5. The molecule has 1 aromatic heterocycles. The lowest BCUT2D eigenvalue weighted by Gasteiger charge is -2.04. The van der Waals surface area contributed by atoms with Gasteiger partial charge in [0.1, 0.15) is 0 Å². The molecule has 25 heavy (non-hydrogen) atoms. The third kappa shape index (κ3) is 5.08. The molecule has 0 saturated carbocycles. The van der Waals surface area contributed by atoms with Gasteiger partial charge in [0.25, 0.3) is 0 Å². The third-order valence-corrected chi connectivity index (χ3v) is 4.74. The predicted molar refractivity (Wildman–Crippen MR) is 99.2 cm³/mol. The smallest absolute Gasteiger partial charge is 0.246 e. The number of benzene rings is 2. The normalized spacial score (nSPS) is 10.6. The molecule has 0 unspecified atom stereocenters. The van der Waals surface area contributed by atoms with E-state index in [1.807, 2.05) is 54.6 Å². The van der Waals surface area contributed by atoms with E-state index in [4.69, 9.17) is 16.1 Å². The molecule has 128 valence electrons. The van der Waals surface area contributed by atoms with Crippen molar-refractivity contribution >= 4 is 29.3 Å². The molecule has 0 saturated heterocycles. The number of nitrogens with one attached hydrogen (secondary N) is 1. The van der Waals surface area contributed by atoms with Gasteiger partial charge < -0.3 is 9.84 Å². The summed E-state index contributed by atoms with van der Waals surface area (Å²) in [6.07, 6.45) is 0. The minimum absolute atomic E-state index is 0.0866. The van der Waals surface area contributed by atoms with E-state index >= 15 is 0 Å². The Labute approximate surface area is 154 Å². The zero-order valence-corrected chi connectivity index (χ0v) is 14.9. The summed E-state index contributed by atoms with van der Waals surface area (Å²) in [5.41, 5.74) is 1.89. The van der Waals surface area contributed by atoms with Gasteiger partial charge in [-0.15, -0.1) is 11.8 Å². The Kier molecular flexibility index (Phi) is 6.09. The molecule has 5 nitrogen and oxygen atoms in total. The number of hydrogen-bond donors (Lipinski definition) is 1. The van der Waals surface area contributed by atoms with Crippen LogP contribution in [0, 0.1) is 0 Å². The van der Waals surface area contributed by atoms with Crippen molar-refractivity contribution in [2.45, 2.75) is 12.3 Å². The molecule has 0 radical (unpaired) electrons. The van der Waals surface area contributed by atoms with Crippen molar-refractivity contribution in [1.29, 1.82) is 0 Å². The highest BCUT2D eigenvalue weighted by atomic mass is 35.5. The largest absolute Gasteiger partial charge is 0.346 e. The van der Waals surface area contributed by atoms with E-state index in [0.29, 0.717) is 23.2 Å². The van der Waals surface area contributed by atoms with Crippen LogP contribution in [0.5, 0.6) is 0 Å². The minimum atomic E-state index is -0.0866. The van der Waals surface area contributed by atoms with Crippen LogP contribution in [0.3, 0.4) is 0 Å². The summed E-state index contributed by atoms with van der Waals surface area (Å²) in [5.74, 6) is 1.83. The van der Waals surface area contributed by atoms with Gasteiger partial charge in [0.15, 0.2) is 0 Å². The Hall–Kier alpha value is -2.31. The van der Waals surface area contributed by atoms with Crippen molar-refractivity contribution in [3.8, 4) is 11.4 Å². The summed E-state index contributed by atoms with van der Waals surface area (Å²) >= 11 is 7.59. The summed E-state index contributed by atoms with van der Waals surface area (Å²) in [7, 11) is 0. The predicted octanol–water partition coefficient (Wildman–Crippen LogP) is 3.94. The van der Waals surface area contributed by atoms with E-state index in [-0.39, 0.29) is 12.5 Å². The molecule has 7 heteroatoms. The van der Waals surface area contributed by atoms with Gasteiger partial charge in [-0.3, -0.25) is 4.79 Å². The number of hydrogen-bond acceptors (Lipinski definition) is 5. The van der Waals surface area contributed by atoms with E-state index in [0.717, 1.165) is 16.1 Å². The van der Waals surface area contributed by atoms with E-state index < -0.39 is 0 Å². The quantitative estimate of drug-likeness (QED) is 0.679. The summed E-state index contributed by atoms with van der Waals surface area (Å²) in [6.45, 7) is 0.214. The Balaban J connectivity index is 1.44. The number of rotatable bonds is 7. The molecule has 0 aliphatic carbocycles. The molecule has 3 rings (SSSR count). The van der Waals surface area contributed by atoms with Gasteiger partial charge in [0, 0.05) is 16.3 Å². The van der Waals surface area contributed by atoms with Crippen LogP contribution in [-0.2, 0) is 17.1 Å². The lowest BCUT2D eigenvalue weighted by molar-refractivity contribution is -0.118. The highest BCUT2D eigenvalue weighted by Gasteiger charge is 2.10. The van der Waals surface area contributed by atoms with Crippen molar-refractivity contribution in [2.24, 2.45) is 0 Å². The van der Waals surface area contributed by atoms with Crippen molar-refractivity contribution in [1.82, 2.24) is 15.5 Å². The van der Waals surface area contributed by atoms with Crippen LogP contribution in [0.4, 0.5) is 0 Å². The van der Waals surface area contributed by atoms with Crippen molar-refractivity contribution < 1.29 is 9.32 Å². The molecule has 2 aromatic carbocycles. The summed E-state index contributed by atoms with van der Waals surface area (Å²) in [4.78, 5) is 16.2. The van der Waals surface area contributed by atoms with E-state index in [9.17, 15) is 4.79 Å². The topological polar surface area (TPSA) is 68.0 Å². The average molecular weight is 374 g/mol. The van der Waals surface area contributed by atoms with Crippen molar-refractivity contribution in [2.75, 3.05) is 5.75 Å². The fourth-order valence-corrected chi connectivity index (χ4v) is 3.27. The molecule has 0 fully saturated rings. The number of aromatic nitrogens is 2. The Bertz CT molecular complexity index is 839.